The first-order chi connectivity index (χ1) is 9.81. The molecule has 1 aromatic rings. The fourth-order valence-electron chi connectivity index (χ4n) is 2.57. The summed E-state index contributed by atoms with van der Waals surface area (Å²) >= 11 is 0. The highest BCUT2D eigenvalue weighted by Gasteiger charge is 2.12. The highest BCUT2D eigenvalue weighted by molar-refractivity contribution is 5.10. The first kappa shape index (κ1) is 17.2. The number of rotatable bonds is 12. The molecule has 0 aliphatic carbocycles. The minimum Gasteiger partial charge on any atom is -0.310 e. The van der Waals surface area contributed by atoms with Gasteiger partial charge < -0.3 is 5.32 Å². The molecule has 1 heterocycles. The van der Waals surface area contributed by atoms with E-state index in [1.807, 2.05) is 0 Å². The van der Waals surface area contributed by atoms with Crippen LogP contribution in [0.5, 0.6) is 0 Å². The summed E-state index contributed by atoms with van der Waals surface area (Å²) in [6.45, 7) is 8.82. The third-order valence-electron chi connectivity index (χ3n) is 3.75. The molecule has 1 atom stereocenters. The molecule has 0 saturated carbocycles. The van der Waals surface area contributed by atoms with Crippen LogP contribution in [0.1, 0.15) is 83.7 Å². The topological polar surface area (TPSA) is 29.9 Å². The van der Waals surface area contributed by atoms with E-state index in [4.69, 9.17) is 0 Å². The molecule has 0 saturated heterocycles. The van der Waals surface area contributed by atoms with Crippen molar-refractivity contribution in [3.63, 3.8) is 0 Å². The number of nitrogens with zero attached hydrogens (tertiary/aromatic N) is 2. The van der Waals surface area contributed by atoms with Crippen molar-refractivity contribution in [3.8, 4) is 0 Å². The molecule has 0 aliphatic heterocycles. The Hall–Kier alpha value is -0.830. The van der Waals surface area contributed by atoms with Gasteiger partial charge in [-0.25, -0.2) is 0 Å². The molecule has 0 fully saturated rings. The molecule has 0 bridgehead atoms. The van der Waals surface area contributed by atoms with Crippen molar-refractivity contribution in [3.05, 3.63) is 18.0 Å². The summed E-state index contributed by atoms with van der Waals surface area (Å²) in [5, 5.41) is 8.15. The molecule has 1 rings (SSSR count). The predicted molar refractivity (Wildman–Crippen MR) is 86.9 cm³/mol. The average Bonchev–Trinajstić information content (AvgIpc) is 2.91. The molecule has 116 valence electrons. The Kier molecular flexibility index (Phi) is 9.38. The van der Waals surface area contributed by atoms with Gasteiger partial charge in [0.1, 0.15) is 0 Å². The minimum absolute atomic E-state index is 0.488. The van der Waals surface area contributed by atoms with Crippen LogP contribution >= 0.6 is 0 Å². The molecule has 1 N–H and O–H groups in total. The van der Waals surface area contributed by atoms with Gasteiger partial charge >= 0.3 is 0 Å². The second kappa shape index (κ2) is 10.9. The Morgan fingerprint density at radius 2 is 1.85 bits per heavy atom. The van der Waals surface area contributed by atoms with Gasteiger partial charge in [-0.05, 0) is 25.8 Å². The summed E-state index contributed by atoms with van der Waals surface area (Å²) in [6, 6.07) is 0.488. The van der Waals surface area contributed by atoms with Crippen molar-refractivity contribution in [2.45, 2.75) is 84.7 Å². The van der Waals surface area contributed by atoms with Crippen LogP contribution < -0.4 is 5.32 Å². The van der Waals surface area contributed by atoms with Crippen molar-refractivity contribution in [1.82, 2.24) is 15.1 Å². The van der Waals surface area contributed by atoms with Crippen LogP contribution in [0.15, 0.2) is 12.4 Å². The van der Waals surface area contributed by atoms with Gasteiger partial charge in [0.25, 0.3) is 0 Å². The molecular weight excluding hydrogens is 246 g/mol. The number of hydrogen-bond donors (Lipinski definition) is 1. The van der Waals surface area contributed by atoms with Crippen molar-refractivity contribution in [1.29, 1.82) is 0 Å². The number of nitrogens with one attached hydrogen (secondary N) is 1. The summed E-state index contributed by atoms with van der Waals surface area (Å²) in [5.74, 6) is 0. The Bertz CT molecular complexity index is 333. The molecule has 20 heavy (non-hydrogen) atoms. The summed E-state index contributed by atoms with van der Waals surface area (Å²) < 4.78 is 2.08. The number of unbranched alkanes of at least 4 members (excludes halogenated alkanes) is 4. The second-order valence-electron chi connectivity index (χ2n) is 5.75. The first-order valence-electron chi connectivity index (χ1n) is 8.57. The maximum absolute atomic E-state index is 4.47. The van der Waals surface area contributed by atoms with Crippen molar-refractivity contribution >= 4 is 0 Å². The summed E-state index contributed by atoms with van der Waals surface area (Å²) in [4.78, 5) is 0. The third-order valence-corrected chi connectivity index (χ3v) is 3.75. The van der Waals surface area contributed by atoms with E-state index in [9.17, 15) is 0 Å². The predicted octanol–water partition coefficient (Wildman–Crippen LogP) is 4.69. The molecule has 0 spiro atoms. The molecule has 1 aromatic heterocycles. The lowest BCUT2D eigenvalue weighted by molar-refractivity contribution is 0.467. The lowest BCUT2D eigenvalue weighted by Crippen LogP contribution is -2.21. The molecular formula is C17H33N3. The fraction of sp³-hybridized carbons (Fsp3) is 0.824. The number of hydrogen-bond acceptors (Lipinski definition) is 2. The second-order valence-corrected chi connectivity index (χ2v) is 5.75. The molecule has 1 unspecified atom stereocenters. The van der Waals surface area contributed by atoms with E-state index in [2.05, 4.69) is 48.3 Å². The number of aryl methyl sites for hydroxylation is 1. The van der Waals surface area contributed by atoms with Gasteiger partial charge in [0, 0.05) is 24.3 Å². The average molecular weight is 279 g/mol. The summed E-state index contributed by atoms with van der Waals surface area (Å²) in [6.07, 6.45) is 14.6. The van der Waals surface area contributed by atoms with Crippen molar-refractivity contribution in [2.75, 3.05) is 6.54 Å². The zero-order valence-electron chi connectivity index (χ0n) is 13.7. The molecule has 0 aromatic carbocycles. The maximum Gasteiger partial charge on any atom is 0.0537 e. The Balaban J connectivity index is 2.44. The van der Waals surface area contributed by atoms with Crippen molar-refractivity contribution in [2.24, 2.45) is 0 Å². The minimum atomic E-state index is 0.488. The van der Waals surface area contributed by atoms with Gasteiger partial charge in [0.15, 0.2) is 0 Å². The maximum atomic E-state index is 4.47. The zero-order valence-corrected chi connectivity index (χ0v) is 13.7. The van der Waals surface area contributed by atoms with Crippen LogP contribution in [0.2, 0.25) is 0 Å². The van der Waals surface area contributed by atoms with Crippen LogP contribution in [0.4, 0.5) is 0 Å². The van der Waals surface area contributed by atoms with Gasteiger partial charge in [-0.1, -0.05) is 52.9 Å². The largest absolute Gasteiger partial charge is 0.310 e. The Labute approximate surface area is 125 Å². The van der Waals surface area contributed by atoms with Crippen LogP contribution in [0.25, 0.3) is 0 Å². The quantitative estimate of drug-likeness (QED) is 0.562. The fourth-order valence-corrected chi connectivity index (χ4v) is 2.57. The molecule has 0 amide bonds. The van der Waals surface area contributed by atoms with E-state index in [1.165, 1.54) is 50.5 Å². The Morgan fingerprint density at radius 1 is 1.05 bits per heavy atom. The van der Waals surface area contributed by atoms with E-state index >= 15 is 0 Å². The van der Waals surface area contributed by atoms with Gasteiger partial charge in [0.05, 0.1) is 6.20 Å². The number of aromatic nitrogens is 2. The SMILES string of the molecule is CCCCCCCC(NCCC)c1cnn(CCC)c1. The van der Waals surface area contributed by atoms with E-state index < -0.39 is 0 Å². The van der Waals surface area contributed by atoms with Gasteiger partial charge in [-0.15, -0.1) is 0 Å². The van der Waals surface area contributed by atoms with E-state index in [1.54, 1.807) is 0 Å². The Morgan fingerprint density at radius 3 is 2.55 bits per heavy atom. The van der Waals surface area contributed by atoms with Crippen LogP contribution in [-0.2, 0) is 6.54 Å². The van der Waals surface area contributed by atoms with Crippen LogP contribution in [0, 0.1) is 0 Å². The molecule has 3 heteroatoms. The van der Waals surface area contributed by atoms with Crippen LogP contribution in [-0.4, -0.2) is 16.3 Å². The van der Waals surface area contributed by atoms with Gasteiger partial charge in [0.2, 0.25) is 0 Å². The standard InChI is InChI=1S/C17H33N3/c1-4-7-8-9-10-11-17(18-12-5-2)16-14-19-20(15-16)13-6-3/h14-15,17-18H,4-13H2,1-3H3. The normalized spacial score (nSPS) is 12.8. The van der Waals surface area contributed by atoms with E-state index in [-0.39, 0.29) is 0 Å². The highest BCUT2D eigenvalue weighted by atomic mass is 15.3. The monoisotopic (exact) mass is 279 g/mol. The van der Waals surface area contributed by atoms with E-state index in [0.29, 0.717) is 6.04 Å². The van der Waals surface area contributed by atoms with Gasteiger partial charge in [-0.3, -0.25) is 4.68 Å². The molecule has 0 radical (unpaired) electrons. The third kappa shape index (κ3) is 6.56. The first-order valence-corrected chi connectivity index (χ1v) is 8.57. The highest BCUT2D eigenvalue weighted by Crippen LogP contribution is 2.20. The lowest BCUT2D eigenvalue weighted by Gasteiger charge is -2.17. The van der Waals surface area contributed by atoms with Crippen molar-refractivity contribution < 1.29 is 0 Å². The molecule has 3 nitrogen and oxygen atoms in total. The lowest BCUT2D eigenvalue weighted by atomic mass is 10.0. The van der Waals surface area contributed by atoms with Gasteiger partial charge in [-0.2, -0.15) is 5.10 Å². The van der Waals surface area contributed by atoms with Crippen LogP contribution in [0.3, 0.4) is 0 Å². The zero-order chi connectivity index (χ0) is 14.6. The summed E-state index contributed by atoms with van der Waals surface area (Å²) in [5.41, 5.74) is 1.36. The summed E-state index contributed by atoms with van der Waals surface area (Å²) in [7, 11) is 0. The molecule has 0 aliphatic rings. The smallest absolute Gasteiger partial charge is 0.0537 e. The van der Waals surface area contributed by atoms with E-state index in [0.717, 1.165) is 19.5 Å².